The Bertz CT molecular complexity index is 982. The second-order valence-corrected chi connectivity index (χ2v) is 7.58. The summed E-state index contributed by atoms with van der Waals surface area (Å²) >= 11 is 0. The fourth-order valence-corrected chi connectivity index (χ4v) is 4.03. The summed E-state index contributed by atoms with van der Waals surface area (Å²) in [6.07, 6.45) is 4.47. The van der Waals surface area contributed by atoms with Crippen LogP contribution >= 0.6 is 0 Å². The number of hydrogen-bond donors (Lipinski definition) is 1. The number of benzene rings is 2. The Balaban J connectivity index is 1.73. The number of fused-ring (bicyclic) bond motifs is 1. The quantitative estimate of drug-likeness (QED) is 0.483. The molecule has 1 amide bonds. The molecule has 4 rings (SSSR count). The Morgan fingerprint density at radius 2 is 1.83 bits per heavy atom. The lowest BCUT2D eigenvalue weighted by molar-refractivity contribution is 0.0430. The largest absolute Gasteiger partial charge is 0.494 e. The highest BCUT2D eigenvalue weighted by Gasteiger charge is 2.45. The van der Waals surface area contributed by atoms with Crippen LogP contribution in [-0.2, 0) is 12.2 Å². The molecule has 0 aliphatic carbocycles. The van der Waals surface area contributed by atoms with Crippen LogP contribution in [0.1, 0.15) is 54.8 Å². The first-order chi connectivity index (χ1) is 14.7. The zero-order chi connectivity index (χ0) is 21.0. The molecule has 5 heteroatoms. The zero-order valence-corrected chi connectivity index (χ0v) is 17.6. The van der Waals surface area contributed by atoms with Crippen LogP contribution in [0, 0.1) is 0 Å². The van der Waals surface area contributed by atoms with Crippen LogP contribution in [0.3, 0.4) is 0 Å². The summed E-state index contributed by atoms with van der Waals surface area (Å²) in [5.41, 5.74) is 1.86. The lowest BCUT2D eigenvalue weighted by atomic mass is 9.89. The van der Waals surface area contributed by atoms with Gasteiger partial charge in [-0.15, -0.1) is 0 Å². The number of carbonyl (C=O) groups is 1. The molecule has 5 nitrogen and oxygen atoms in total. The number of ether oxygens (including phenoxy) is 1. The summed E-state index contributed by atoms with van der Waals surface area (Å²) in [7, 11) is 0. The SMILES string of the molecule is CCCCOc1ccc(C2(CC)Nc3ccccc3C(=O)N2Cc2ccco2)cc1. The van der Waals surface area contributed by atoms with Crippen molar-refractivity contribution in [1.29, 1.82) is 0 Å². The van der Waals surface area contributed by atoms with E-state index in [0.29, 0.717) is 25.1 Å². The molecule has 30 heavy (non-hydrogen) atoms. The Labute approximate surface area is 177 Å². The Hall–Kier alpha value is -3.21. The summed E-state index contributed by atoms with van der Waals surface area (Å²) in [6, 6.07) is 19.5. The van der Waals surface area contributed by atoms with Crippen LogP contribution in [0.15, 0.2) is 71.3 Å². The van der Waals surface area contributed by atoms with Crippen molar-refractivity contribution in [3.8, 4) is 5.75 Å². The number of para-hydroxylation sites is 1. The molecule has 1 atom stereocenters. The number of anilines is 1. The molecular weight excluding hydrogens is 376 g/mol. The number of nitrogens with one attached hydrogen (secondary N) is 1. The van der Waals surface area contributed by atoms with E-state index in [1.165, 1.54) is 0 Å². The van der Waals surface area contributed by atoms with Crippen molar-refractivity contribution in [1.82, 2.24) is 4.90 Å². The predicted octanol–water partition coefficient (Wildman–Crippen LogP) is 5.79. The smallest absolute Gasteiger partial charge is 0.258 e. The number of nitrogens with zero attached hydrogens (tertiary/aromatic N) is 1. The lowest BCUT2D eigenvalue weighted by Gasteiger charge is -2.48. The standard InChI is InChI=1S/C25H28N2O3/c1-3-5-16-29-20-14-12-19(13-15-20)25(4-2)26-23-11-7-6-10-22(23)24(28)27(25)18-21-9-8-17-30-21/h6-15,17,26H,3-5,16,18H2,1-2H3. The van der Waals surface area contributed by atoms with Crippen LogP contribution in [0.25, 0.3) is 0 Å². The van der Waals surface area contributed by atoms with Gasteiger partial charge in [0, 0.05) is 5.69 Å². The molecular formula is C25H28N2O3. The predicted molar refractivity (Wildman–Crippen MR) is 117 cm³/mol. The second-order valence-electron chi connectivity index (χ2n) is 7.58. The molecule has 1 N–H and O–H groups in total. The van der Waals surface area contributed by atoms with E-state index in [9.17, 15) is 4.79 Å². The van der Waals surface area contributed by atoms with Crippen LogP contribution in [0.2, 0.25) is 0 Å². The molecule has 0 bridgehead atoms. The van der Waals surface area contributed by atoms with Gasteiger partial charge < -0.3 is 19.4 Å². The van der Waals surface area contributed by atoms with Crippen LogP contribution in [0.5, 0.6) is 5.75 Å². The Morgan fingerprint density at radius 1 is 1.03 bits per heavy atom. The van der Waals surface area contributed by atoms with Crippen molar-refractivity contribution in [3.63, 3.8) is 0 Å². The van der Waals surface area contributed by atoms with E-state index in [0.717, 1.165) is 35.6 Å². The van der Waals surface area contributed by atoms with E-state index in [2.05, 4.69) is 19.2 Å². The summed E-state index contributed by atoms with van der Waals surface area (Å²) in [5, 5.41) is 3.66. The molecule has 1 unspecified atom stereocenters. The molecule has 0 fully saturated rings. The van der Waals surface area contributed by atoms with Crippen LogP contribution < -0.4 is 10.1 Å². The third-order valence-electron chi connectivity index (χ3n) is 5.71. The monoisotopic (exact) mass is 404 g/mol. The normalized spacial score (nSPS) is 18.1. The number of furan rings is 1. The third kappa shape index (κ3) is 3.67. The second kappa shape index (κ2) is 8.66. The molecule has 3 aromatic rings. The first-order valence-electron chi connectivity index (χ1n) is 10.6. The van der Waals surface area contributed by atoms with Gasteiger partial charge in [0.15, 0.2) is 0 Å². The van der Waals surface area contributed by atoms with E-state index < -0.39 is 5.66 Å². The summed E-state index contributed by atoms with van der Waals surface area (Å²) in [6.45, 7) is 5.34. The first kappa shape index (κ1) is 20.1. The average molecular weight is 405 g/mol. The molecule has 2 heterocycles. The molecule has 0 saturated carbocycles. The highest BCUT2D eigenvalue weighted by atomic mass is 16.5. The summed E-state index contributed by atoms with van der Waals surface area (Å²) in [5.74, 6) is 1.59. The molecule has 156 valence electrons. The van der Waals surface area contributed by atoms with E-state index in [4.69, 9.17) is 9.15 Å². The van der Waals surface area contributed by atoms with Gasteiger partial charge in [-0.3, -0.25) is 4.79 Å². The fraction of sp³-hybridized carbons (Fsp3) is 0.320. The molecule has 0 radical (unpaired) electrons. The van der Waals surface area contributed by atoms with E-state index in [1.807, 2.05) is 65.6 Å². The van der Waals surface area contributed by atoms with Crippen LogP contribution in [0.4, 0.5) is 5.69 Å². The van der Waals surface area contributed by atoms with Crippen molar-refractivity contribution in [3.05, 3.63) is 83.8 Å². The molecule has 2 aromatic carbocycles. The first-order valence-corrected chi connectivity index (χ1v) is 10.6. The van der Waals surface area contributed by atoms with E-state index in [-0.39, 0.29) is 5.91 Å². The maximum atomic E-state index is 13.6. The highest BCUT2D eigenvalue weighted by Crippen LogP contribution is 2.41. The molecule has 1 aliphatic heterocycles. The lowest BCUT2D eigenvalue weighted by Crippen LogP contribution is -2.56. The Kier molecular flexibility index (Phi) is 5.79. The molecule has 0 saturated heterocycles. The number of unbranched alkanes of at least 4 members (excludes halogenated alkanes) is 1. The third-order valence-corrected chi connectivity index (χ3v) is 5.71. The Morgan fingerprint density at radius 3 is 2.53 bits per heavy atom. The minimum atomic E-state index is -0.680. The van der Waals surface area contributed by atoms with Crippen molar-refractivity contribution in [2.45, 2.75) is 45.3 Å². The summed E-state index contributed by atoms with van der Waals surface area (Å²) < 4.78 is 11.4. The number of carbonyl (C=O) groups excluding carboxylic acids is 1. The van der Waals surface area contributed by atoms with Gasteiger partial charge in [-0.1, -0.05) is 44.5 Å². The van der Waals surface area contributed by atoms with Gasteiger partial charge in [-0.05, 0) is 54.8 Å². The average Bonchev–Trinajstić information content (AvgIpc) is 3.30. The van der Waals surface area contributed by atoms with E-state index in [1.54, 1.807) is 6.26 Å². The minimum absolute atomic E-state index is 0.00845. The zero-order valence-electron chi connectivity index (χ0n) is 17.6. The highest BCUT2D eigenvalue weighted by molar-refractivity contribution is 6.02. The topological polar surface area (TPSA) is 54.7 Å². The van der Waals surface area contributed by atoms with Crippen molar-refractivity contribution < 1.29 is 13.9 Å². The van der Waals surface area contributed by atoms with Crippen molar-refractivity contribution in [2.75, 3.05) is 11.9 Å². The number of hydrogen-bond acceptors (Lipinski definition) is 4. The van der Waals surface area contributed by atoms with Gasteiger partial charge >= 0.3 is 0 Å². The van der Waals surface area contributed by atoms with Gasteiger partial charge in [0.05, 0.1) is 25.0 Å². The van der Waals surface area contributed by atoms with Gasteiger partial charge in [-0.2, -0.15) is 0 Å². The van der Waals surface area contributed by atoms with Gasteiger partial charge in [-0.25, -0.2) is 0 Å². The van der Waals surface area contributed by atoms with Gasteiger partial charge in [0.25, 0.3) is 5.91 Å². The minimum Gasteiger partial charge on any atom is -0.494 e. The van der Waals surface area contributed by atoms with Gasteiger partial charge in [0.1, 0.15) is 17.2 Å². The number of amides is 1. The molecule has 1 aromatic heterocycles. The maximum absolute atomic E-state index is 13.6. The maximum Gasteiger partial charge on any atom is 0.258 e. The van der Waals surface area contributed by atoms with Crippen molar-refractivity contribution >= 4 is 11.6 Å². The molecule has 0 spiro atoms. The fourth-order valence-electron chi connectivity index (χ4n) is 4.03. The van der Waals surface area contributed by atoms with Gasteiger partial charge in [0.2, 0.25) is 0 Å². The summed E-state index contributed by atoms with van der Waals surface area (Å²) in [4.78, 5) is 15.4. The van der Waals surface area contributed by atoms with E-state index >= 15 is 0 Å². The number of rotatable bonds is 8. The molecule has 1 aliphatic rings. The van der Waals surface area contributed by atoms with Crippen LogP contribution in [-0.4, -0.2) is 17.4 Å². The van der Waals surface area contributed by atoms with Crippen molar-refractivity contribution in [2.24, 2.45) is 0 Å².